The van der Waals surface area contributed by atoms with Gasteiger partial charge in [-0.25, -0.2) is 0 Å². The van der Waals surface area contributed by atoms with Gasteiger partial charge in [-0.2, -0.15) is 5.10 Å². The third-order valence-electron chi connectivity index (χ3n) is 3.92. The summed E-state index contributed by atoms with van der Waals surface area (Å²) in [4.78, 5) is 0. The highest BCUT2D eigenvalue weighted by molar-refractivity contribution is 5.23. The molecule has 1 aliphatic heterocycles. The van der Waals surface area contributed by atoms with Crippen molar-refractivity contribution in [3.63, 3.8) is 0 Å². The Labute approximate surface area is 112 Å². The minimum atomic E-state index is 0.0373. The van der Waals surface area contributed by atoms with Crippen molar-refractivity contribution in [3.8, 4) is 0 Å². The molecule has 3 heterocycles. The number of aryl methyl sites for hydroxylation is 2. The quantitative estimate of drug-likeness (QED) is 0.894. The SMILES string of the molecule is Cc1nn(Cc2nnc3n2CCCC3)c(C)c1CO. The molecule has 0 unspecified atom stereocenters. The molecule has 1 aliphatic rings. The van der Waals surface area contributed by atoms with Crippen LogP contribution in [0, 0.1) is 13.8 Å². The first-order valence-electron chi connectivity index (χ1n) is 6.75. The van der Waals surface area contributed by atoms with E-state index in [1.165, 1.54) is 12.8 Å². The molecule has 0 fully saturated rings. The fourth-order valence-corrected chi connectivity index (χ4v) is 2.74. The van der Waals surface area contributed by atoms with Crippen molar-refractivity contribution in [2.24, 2.45) is 0 Å². The van der Waals surface area contributed by atoms with Crippen LogP contribution in [0.2, 0.25) is 0 Å². The van der Waals surface area contributed by atoms with Crippen LogP contribution >= 0.6 is 0 Å². The summed E-state index contributed by atoms with van der Waals surface area (Å²) in [7, 11) is 0. The fraction of sp³-hybridized carbons (Fsp3) is 0.615. The minimum absolute atomic E-state index is 0.0373. The van der Waals surface area contributed by atoms with Crippen LogP contribution in [0.15, 0.2) is 0 Å². The standard InChI is InChI=1S/C13H19N5O/c1-9-11(8-19)10(2)18(16-9)7-13-15-14-12-5-3-4-6-17(12)13/h19H,3-8H2,1-2H3. The molecular weight excluding hydrogens is 242 g/mol. The molecule has 0 bridgehead atoms. The summed E-state index contributed by atoms with van der Waals surface area (Å²) in [6, 6.07) is 0. The molecule has 3 rings (SSSR count). The second-order valence-corrected chi connectivity index (χ2v) is 5.11. The van der Waals surface area contributed by atoms with Crippen LogP contribution in [0.1, 0.15) is 41.4 Å². The number of aliphatic hydroxyl groups excluding tert-OH is 1. The van der Waals surface area contributed by atoms with Crippen LogP contribution in [-0.2, 0) is 26.1 Å². The van der Waals surface area contributed by atoms with E-state index in [-0.39, 0.29) is 6.61 Å². The molecule has 1 N–H and O–H groups in total. The Morgan fingerprint density at radius 3 is 2.79 bits per heavy atom. The van der Waals surface area contributed by atoms with Gasteiger partial charge >= 0.3 is 0 Å². The molecule has 102 valence electrons. The van der Waals surface area contributed by atoms with Gasteiger partial charge in [-0.1, -0.05) is 0 Å². The summed E-state index contributed by atoms with van der Waals surface area (Å²) in [5.41, 5.74) is 2.81. The van der Waals surface area contributed by atoms with Gasteiger partial charge in [0.05, 0.1) is 12.3 Å². The molecule has 2 aromatic heterocycles. The molecule has 6 nitrogen and oxygen atoms in total. The van der Waals surface area contributed by atoms with Gasteiger partial charge in [-0.3, -0.25) is 4.68 Å². The maximum atomic E-state index is 9.34. The molecule has 19 heavy (non-hydrogen) atoms. The van der Waals surface area contributed by atoms with Crippen LogP contribution in [0.5, 0.6) is 0 Å². The monoisotopic (exact) mass is 261 g/mol. The molecular formula is C13H19N5O. The lowest BCUT2D eigenvalue weighted by Crippen LogP contribution is -2.16. The highest BCUT2D eigenvalue weighted by Gasteiger charge is 2.18. The first kappa shape index (κ1) is 12.3. The first-order chi connectivity index (χ1) is 9.20. The second kappa shape index (κ2) is 4.77. The summed E-state index contributed by atoms with van der Waals surface area (Å²) in [6.45, 7) is 5.58. The zero-order chi connectivity index (χ0) is 13.4. The van der Waals surface area contributed by atoms with Crippen LogP contribution in [-0.4, -0.2) is 29.7 Å². The maximum Gasteiger partial charge on any atom is 0.154 e. The molecule has 0 radical (unpaired) electrons. The number of hydrogen-bond donors (Lipinski definition) is 1. The topological polar surface area (TPSA) is 68.8 Å². The van der Waals surface area contributed by atoms with Crippen LogP contribution in [0.25, 0.3) is 0 Å². The van der Waals surface area contributed by atoms with Crippen molar-refractivity contribution in [3.05, 3.63) is 28.6 Å². The Hall–Kier alpha value is -1.69. The Kier molecular flexibility index (Phi) is 3.10. The molecule has 0 amide bonds. The lowest BCUT2D eigenvalue weighted by Gasteiger charge is -2.15. The molecule has 0 saturated heterocycles. The number of rotatable bonds is 3. The van der Waals surface area contributed by atoms with Crippen LogP contribution in [0.3, 0.4) is 0 Å². The molecule has 0 saturated carbocycles. The molecule has 0 aromatic carbocycles. The van der Waals surface area contributed by atoms with Crippen LogP contribution < -0.4 is 0 Å². The Bertz CT molecular complexity index is 598. The average Bonchev–Trinajstić information content (AvgIpc) is 2.93. The van der Waals surface area contributed by atoms with E-state index in [1.54, 1.807) is 0 Å². The number of aromatic nitrogens is 5. The minimum Gasteiger partial charge on any atom is -0.392 e. The Morgan fingerprint density at radius 1 is 1.21 bits per heavy atom. The van der Waals surface area contributed by atoms with Gasteiger partial charge in [0, 0.05) is 24.2 Å². The lowest BCUT2D eigenvalue weighted by atomic mass is 10.2. The van der Waals surface area contributed by atoms with Crippen LogP contribution in [0.4, 0.5) is 0 Å². The van der Waals surface area contributed by atoms with Crippen molar-refractivity contribution in [1.29, 1.82) is 0 Å². The Balaban J connectivity index is 1.91. The normalized spacial score (nSPS) is 14.7. The van der Waals surface area contributed by atoms with Crippen molar-refractivity contribution in [2.75, 3.05) is 0 Å². The van der Waals surface area contributed by atoms with E-state index in [4.69, 9.17) is 0 Å². The molecule has 0 atom stereocenters. The summed E-state index contributed by atoms with van der Waals surface area (Å²) in [5.74, 6) is 2.05. The average molecular weight is 261 g/mol. The van der Waals surface area contributed by atoms with E-state index >= 15 is 0 Å². The smallest absolute Gasteiger partial charge is 0.154 e. The van der Waals surface area contributed by atoms with Crippen molar-refractivity contribution in [1.82, 2.24) is 24.5 Å². The second-order valence-electron chi connectivity index (χ2n) is 5.11. The van der Waals surface area contributed by atoms with E-state index in [2.05, 4.69) is 19.9 Å². The molecule has 0 aliphatic carbocycles. The summed E-state index contributed by atoms with van der Waals surface area (Å²) >= 11 is 0. The molecule has 2 aromatic rings. The Morgan fingerprint density at radius 2 is 2.05 bits per heavy atom. The predicted octanol–water partition coefficient (Wildman–Crippen LogP) is 0.968. The van der Waals surface area contributed by atoms with Crippen molar-refractivity contribution in [2.45, 2.75) is 52.8 Å². The number of nitrogens with zero attached hydrogens (tertiary/aromatic N) is 5. The summed E-state index contributed by atoms with van der Waals surface area (Å²) < 4.78 is 4.12. The third-order valence-corrected chi connectivity index (χ3v) is 3.92. The van der Waals surface area contributed by atoms with Gasteiger partial charge < -0.3 is 9.67 Å². The summed E-state index contributed by atoms with van der Waals surface area (Å²) in [5, 5.41) is 22.4. The van der Waals surface area contributed by atoms with Gasteiger partial charge in [0.25, 0.3) is 0 Å². The molecule has 0 spiro atoms. The zero-order valence-corrected chi connectivity index (χ0v) is 11.4. The van der Waals surface area contributed by atoms with Gasteiger partial charge in [-0.05, 0) is 26.7 Å². The largest absolute Gasteiger partial charge is 0.392 e. The van der Waals surface area contributed by atoms with Gasteiger partial charge in [0.1, 0.15) is 12.4 Å². The predicted molar refractivity (Wildman–Crippen MR) is 69.7 cm³/mol. The van der Waals surface area contributed by atoms with E-state index in [1.807, 2.05) is 18.5 Å². The van der Waals surface area contributed by atoms with E-state index in [0.717, 1.165) is 41.6 Å². The first-order valence-corrected chi connectivity index (χ1v) is 6.75. The number of aliphatic hydroxyl groups is 1. The van der Waals surface area contributed by atoms with Gasteiger partial charge in [0.2, 0.25) is 0 Å². The lowest BCUT2D eigenvalue weighted by molar-refractivity contribution is 0.280. The molecule has 6 heteroatoms. The zero-order valence-electron chi connectivity index (χ0n) is 11.4. The number of hydrogen-bond acceptors (Lipinski definition) is 4. The van der Waals surface area contributed by atoms with Crippen molar-refractivity contribution >= 4 is 0 Å². The summed E-state index contributed by atoms with van der Waals surface area (Å²) in [6.07, 6.45) is 3.41. The van der Waals surface area contributed by atoms with Gasteiger partial charge in [0.15, 0.2) is 5.82 Å². The van der Waals surface area contributed by atoms with Gasteiger partial charge in [-0.15, -0.1) is 10.2 Å². The highest BCUT2D eigenvalue weighted by atomic mass is 16.3. The maximum absolute atomic E-state index is 9.34. The fourth-order valence-electron chi connectivity index (χ4n) is 2.74. The number of fused-ring (bicyclic) bond motifs is 1. The third kappa shape index (κ3) is 2.06. The van der Waals surface area contributed by atoms with Crippen molar-refractivity contribution < 1.29 is 5.11 Å². The van der Waals surface area contributed by atoms with E-state index in [0.29, 0.717) is 6.54 Å². The van der Waals surface area contributed by atoms with E-state index in [9.17, 15) is 5.11 Å². The van der Waals surface area contributed by atoms with E-state index < -0.39 is 0 Å². The highest BCUT2D eigenvalue weighted by Crippen LogP contribution is 2.17.